The van der Waals surface area contributed by atoms with Crippen LogP contribution in [-0.4, -0.2) is 36.0 Å². The molecule has 0 aromatic carbocycles. The van der Waals surface area contributed by atoms with Crippen molar-refractivity contribution in [1.29, 1.82) is 0 Å². The monoisotopic (exact) mass is 375 g/mol. The Kier molecular flexibility index (Phi) is 4.82. The fraction of sp³-hybridized carbons (Fsp3) is 0.700. The normalized spacial score (nSPS) is 32.0. The Hall–Kier alpha value is -1.40. The van der Waals surface area contributed by atoms with Gasteiger partial charge >= 0.3 is 6.03 Å². The number of nitrogens with one attached hydrogen (secondary N) is 2. The lowest BCUT2D eigenvalue weighted by atomic mass is 9.53. The first-order valence-electron chi connectivity index (χ1n) is 9.74. The lowest BCUT2D eigenvalue weighted by Gasteiger charge is -2.56. The molecule has 5 rings (SSSR count). The Morgan fingerprint density at radius 1 is 1.19 bits per heavy atom. The number of thiophene rings is 1. The first kappa shape index (κ1) is 18.0. The maximum Gasteiger partial charge on any atom is 0.321 e. The van der Waals surface area contributed by atoms with Gasteiger partial charge in [0.2, 0.25) is 5.91 Å². The summed E-state index contributed by atoms with van der Waals surface area (Å²) in [6.45, 7) is 3.04. The summed E-state index contributed by atoms with van der Waals surface area (Å²) in [4.78, 5) is 27.9. The van der Waals surface area contributed by atoms with Crippen molar-refractivity contribution >= 4 is 23.3 Å². The number of hydrogen-bond donors (Lipinski definition) is 2. The van der Waals surface area contributed by atoms with Crippen LogP contribution >= 0.6 is 11.3 Å². The molecule has 0 aliphatic heterocycles. The molecule has 142 valence electrons. The number of carbonyl (C=O) groups excluding carboxylic acids is 2. The number of nitrogens with zero attached hydrogens (tertiary/aromatic N) is 1. The third-order valence-electron chi connectivity index (χ3n) is 6.47. The topological polar surface area (TPSA) is 61.4 Å². The molecule has 0 unspecified atom stereocenters. The zero-order valence-electron chi connectivity index (χ0n) is 15.7. The molecule has 1 aromatic heterocycles. The summed E-state index contributed by atoms with van der Waals surface area (Å²) in [7, 11) is 1.91. The molecule has 0 atom stereocenters. The molecule has 0 radical (unpaired) electrons. The minimum Gasteiger partial charge on any atom is -0.332 e. The standard InChI is InChI=1S/C20H29N3O2S/c1-13-3-4-26-17(13)11-23(2)12-18(24)21-19(25)22-20-8-14-5-15(9-20)7-16(6-14)10-20/h3-4,14-16H,5-12H2,1-2H3,(H2,21,22,24,25). The van der Waals surface area contributed by atoms with Crippen LogP contribution in [0.3, 0.4) is 0 Å². The number of urea groups is 1. The van der Waals surface area contributed by atoms with Crippen molar-refractivity contribution in [2.45, 2.75) is 57.5 Å². The largest absolute Gasteiger partial charge is 0.332 e. The average Bonchev–Trinajstić information content (AvgIpc) is 2.89. The Bertz CT molecular complexity index is 664. The zero-order chi connectivity index (χ0) is 18.3. The highest BCUT2D eigenvalue weighted by molar-refractivity contribution is 7.10. The second kappa shape index (κ2) is 6.97. The van der Waals surface area contributed by atoms with E-state index in [1.807, 2.05) is 11.9 Å². The van der Waals surface area contributed by atoms with E-state index in [4.69, 9.17) is 0 Å². The SMILES string of the molecule is Cc1ccsc1CN(C)CC(=O)NC(=O)NC12CC3CC(CC(C3)C1)C2. The van der Waals surface area contributed by atoms with Crippen LogP contribution in [0.4, 0.5) is 4.79 Å². The van der Waals surface area contributed by atoms with Gasteiger partial charge in [-0.25, -0.2) is 4.79 Å². The molecule has 4 saturated carbocycles. The van der Waals surface area contributed by atoms with Crippen LogP contribution in [0, 0.1) is 24.7 Å². The summed E-state index contributed by atoms with van der Waals surface area (Å²) in [5.41, 5.74) is 1.20. The first-order valence-corrected chi connectivity index (χ1v) is 10.6. The molecule has 2 N–H and O–H groups in total. The Labute approximate surface area is 159 Å². The van der Waals surface area contributed by atoms with Crippen molar-refractivity contribution in [3.63, 3.8) is 0 Å². The van der Waals surface area contributed by atoms with E-state index < -0.39 is 0 Å². The fourth-order valence-corrected chi connectivity index (χ4v) is 6.80. The molecule has 4 bridgehead atoms. The molecular weight excluding hydrogens is 346 g/mol. The van der Waals surface area contributed by atoms with Crippen molar-refractivity contribution in [3.8, 4) is 0 Å². The van der Waals surface area contributed by atoms with Crippen LogP contribution in [0.15, 0.2) is 11.4 Å². The second-order valence-corrected chi connectivity index (χ2v) is 9.90. The van der Waals surface area contributed by atoms with Crippen molar-refractivity contribution in [2.75, 3.05) is 13.6 Å². The van der Waals surface area contributed by atoms with Gasteiger partial charge < -0.3 is 5.32 Å². The van der Waals surface area contributed by atoms with Crippen molar-refractivity contribution in [2.24, 2.45) is 17.8 Å². The highest BCUT2D eigenvalue weighted by atomic mass is 32.1. The fourth-order valence-electron chi connectivity index (χ4n) is 5.81. The number of amides is 3. The van der Waals surface area contributed by atoms with Gasteiger partial charge in [-0.05, 0) is 87.3 Å². The number of imide groups is 1. The lowest BCUT2D eigenvalue weighted by Crippen LogP contribution is -2.62. The molecule has 4 fully saturated rings. The van der Waals surface area contributed by atoms with Gasteiger partial charge in [0.15, 0.2) is 0 Å². The zero-order valence-corrected chi connectivity index (χ0v) is 16.5. The molecule has 26 heavy (non-hydrogen) atoms. The van der Waals surface area contributed by atoms with Crippen LogP contribution < -0.4 is 10.6 Å². The number of hydrogen-bond acceptors (Lipinski definition) is 4. The minimum atomic E-state index is -0.308. The van der Waals surface area contributed by atoms with Crippen LogP contribution in [0.1, 0.15) is 49.0 Å². The van der Waals surface area contributed by atoms with Gasteiger partial charge in [0.05, 0.1) is 6.54 Å². The Morgan fingerprint density at radius 3 is 2.35 bits per heavy atom. The van der Waals surface area contributed by atoms with E-state index in [1.165, 1.54) is 29.7 Å². The van der Waals surface area contributed by atoms with Crippen LogP contribution in [-0.2, 0) is 11.3 Å². The summed E-state index contributed by atoms with van der Waals surface area (Å²) in [6.07, 6.45) is 7.31. The van der Waals surface area contributed by atoms with E-state index in [9.17, 15) is 9.59 Å². The van der Waals surface area contributed by atoms with Gasteiger partial charge in [-0.3, -0.25) is 15.0 Å². The summed E-state index contributed by atoms with van der Waals surface area (Å²) in [5, 5.41) is 7.82. The van der Waals surface area contributed by atoms with E-state index >= 15 is 0 Å². The molecular formula is C20H29N3O2S. The molecule has 6 heteroatoms. The van der Waals surface area contributed by atoms with Gasteiger partial charge in [0.1, 0.15) is 0 Å². The van der Waals surface area contributed by atoms with Crippen molar-refractivity contribution < 1.29 is 9.59 Å². The first-order chi connectivity index (χ1) is 12.4. The van der Waals surface area contributed by atoms with Gasteiger partial charge in [-0.15, -0.1) is 11.3 Å². The molecule has 1 aromatic rings. The lowest BCUT2D eigenvalue weighted by molar-refractivity contribution is -0.121. The quantitative estimate of drug-likeness (QED) is 0.830. The van der Waals surface area contributed by atoms with Crippen LogP contribution in [0.5, 0.6) is 0 Å². The summed E-state index contributed by atoms with van der Waals surface area (Å²) < 4.78 is 0. The molecule has 4 aliphatic rings. The third-order valence-corrected chi connectivity index (χ3v) is 7.47. The van der Waals surface area contributed by atoms with Gasteiger partial charge in [0.25, 0.3) is 0 Å². The third kappa shape index (κ3) is 3.81. The van der Waals surface area contributed by atoms with E-state index in [2.05, 4.69) is 29.0 Å². The molecule has 1 heterocycles. The summed E-state index contributed by atoms with van der Waals surface area (Å²) >= 11 is 1.70. The van der Waals surface area contributed by atoms with E-state index in [0.717, 1.165) is 43.6 Å². The highest BCUT2D eigenvalue weighted by Gasteiger charge is 2.51. The van der Waals surface area contributed by atoms with Gasteiger partial charge in [-0.2, -0.15) is 0 Å². The maximum atomic E-state index is 12.4. The molecule has 0 saturated heterocycles. The summed E-state index contributed by atoms with van der Waals surface area (Å²) in [5.74, 6) is 2.09. The average molecular weight is 376 g/mol. The van der Waals surface area contributed by atoms with E-state index in [0.29, 0.717) is 0 Å². The van der Waals surface area contributed by atoms with Crippen LogP contribution in [0.25, 0.3) is 0 Å². The number of carbonyl (C=O) groups is 2. The number of aryl methyl sites for hydroxylation is 1. The smallest absolute Gasteiger partial charge is 0.321 e. The molecule has 4 aliphatic carbocycles. The van der Waals surface area contributed by atoms with Gasteiger partial charge in [-0.1, -0.05) is 0 Å². The number of likely N-dealkylation sites (N-methyl/N-ethyl adjacent to an activating group) is 1. The second-order valence-electron chi connectivity index (χ2n) is 8.90. The van der Waals surface area contributed by atoms with Crippen molar-refractivity contribution in [1.82, 2.24) is 15.5 Å². The Balaban J connectivity index is 1.27. The molecule has 5 nitrogen and oxygen atoms in total. The van der Waals surface area contributed by atoms with Gasteiger partial charge in [0, 0.05) is 17.0 Å². The highest BCUT2D eigenvalue weighted by Crippen LogP contribution is 2.55. The van der Waals surface area contributed by atoms with E-state index in [1.54, 1.807) is 11.3 Å². The van der Waals surface area contributed by atoms with E-state index in [-0.39, 0.29) is 24.0 Å². The summed E-state index contributed by atoms with van der Waals surface area (Å²) in [6, 6.07) is 1.78. The molecule has 0 spiro atoms. The molecule has 3 amide bonds. The van der Waals surface area contributed by atoms with Crippen molar-refractivity contribution in [3.05, 3.63) is 21.9 Å². The predicted molar refractivity (Wildman–Crippen MR) is 103 cm³/mol. The van der Waals surface area contributed by atoms with Crippen LogP contribution in [0.2, 0.25) is 0 Å². The number of rotatable bonds is 5. The maximum absolute atomic E-state index is 12.4. The predicted octanol–water partition coefficient (Wildman–Crippen LogP) is 3.28. The Morgan fingerprint density at radius 2 is 1.81 bits per heavy atom. The minimum absolute atomic E-state index is 0.0565.